The number of ether oxygens (including phenoxy) is 1. The van der Waals surface area contributed by atoms with E-state index in [1.807, 2.05) is 12.2 Å². The maximum absolute atomic E-state index is 12.6. The number of fused-ring (bicyclic) bond motifs is 1. The number of allylic oxidation sites excluding steroid dienone is 2. The molecule has 1 aliphatic heterocycles. The van der Waals surface area contributed by atoms with Gasteiger partial charge < -0.3 is 10.1 Å². The Labute approximate surface area is 176 Å². The van der Waals surface area contributed by atoms with Gasteiger partial charge in [-0.2, -0.15) is 0 Å². The maximum atomic E-state index is 12.6. The molecule has 0 spiro atoms. The first-order valence-electron chi connectivity index (χ1n) is 11.3. The molecule has 6 aliphatic rings. The molecule has 3 atom stereocenters. The van der Waals surface area contributed by atoms with E-state index in [-0.39, 0.29) is 41.7 Å². The van der Waals surface area contributed by atoms with Crippen LogP contribution in [-0.4, -0.2) is 46.8 Å². The van der Waals surface area contributed by atoms with E-state index in [1.165, 1.54) is 26.2 Å². The Kier molecular flexibility index (Phi) is 4.75. The Hall–Kier alpha value is -2.18. The Morgan fingerprint density at radius 1 is 1.03 bits per heavy atom. The fourth-order valence-corrected chi connectivity index (χ4v) is 7.17. The van der Waals surface area contributed by atoms with Crippen molar-refractivity contribution in [2.75, 3.05) is 6.61 Å². The van der Waals surface area contributed by atoms with Crippen LogP contribution >= 0.6 is 0 Å². The molecule has 0 aromatic rings. The van der Waals surface area contributed by atoms with Gasteiger partial charge in [0.1, 0.15) is 6.04 Å². The van der Waals surface area contributed by atoms with Crippen molar-refractivity contribution in [1.29, 1.82) is 0 Å². The van der Waals surface area contributed by atoms with Gasteiger partial charge in [-0.05, 0) is 76.0 Å². The summed E-state index contributed by atoms with van der Waals surface area (Å²) in [5.74, 6) is -0.223. The monoisotopic (exact) mass is 414 g/mol. The second-order valence-corrected chi connectivity index (χ2v) is 10.2. The highest BCUT2D eigenvalue weighted by Gasteiger charge is 2.52. The van der Waals surface area contributed by atoms with Crippen molar-refractivity contribution in [3.05, 3.63) is 12.2 Å². The van der Waals surface area contributed by atoms with Gasteiger partial charge >= 0.3 is 5.97 Å². The van der Waals surface area contributed by atoms with Crippen molar-refractivity contribution in [3.8, 4) is 0 Å². The van der Waals surface area contributed by atoms with E-state index in [1.54, 1.807) is 0 Å². The van der Waals surface area contributed by atoms with Crippen molar-refractivity contribution in [3.63, 3.8) is 0 Å². The quantitative estimate of drug-likeness (QED) is 0.422. The fourth-order valence-electron chi connectivity index (χ4n) is 7.17. The summed E-state index contributed by atoms with van der Waals surface area (Å²) in [5.41, 5.74) is -0.132. The first-order valence-corrected chi connectivity index (χ1v) is 11.3. The van der Waals surface area contributed by atoms with E-state index < -0.39 is 12.0 Å². The molecule has 5 fully saturated rings. The molecule has 3 amide bonds. The zero-order valence-corrected chi connectivity index (χ0v) is 17.5. The van der Waals surface area contributed by atoms with E-state index in [2.05, 4.69) is 5.32 Å². The molecule has 30 heavy (non-hydrogen) atoms. The summed E-state index contributed by atoms with van der Waals surface area (Å²) in [5, 5.41) is 3.17. The number of hydrogen-bond donors (Lipinski definition) is 1. The summed E-state index contributed by atoms with van der Waals surface area (Å²) in [6, 6.07) is -1.01. The van der Waals surface area contributed by atoms with Crippen molar-refractivity contribution in [1.82, 2.24) is 10.2 Å². The van der Waals surface area contributed by atoms with Crippen molar-refractivity contribution in [2.24, 2.45) is 29.6 Å². The SMILES string of the molecule is C[C@@H](C(=O)OCC(=O)NC12CC3CC(CC(C3)C1)C2)N1C(=O)[C@H]2CC=CC[C@H]2C1=O. The normalized spacial score (nSPS) is 39.8. The zero-order valence-electron chi connectivity index (χ0n) is 17.5. The third-order valence-electron chi connectivity index (χ3n) is 8.06. The van der Waals surface area contributed by atoms with Gasteiger partial charge in [0, 0.05) is 5.54 Å². The molecule has 7 nitrogen and oxygen atoms in total. The highest BCUT2D eigenvalue weighted by atomic mass is 16.5. The second-order valence-electron chi connectivity index (χ2n) is 10.2. The van der Waals surface area contributed by atoms with Crippen LogP contribution < -0.4 is 5.32 Å². The first kappa shape index (κ1) is 19.8. The predicted molar refractivity (Wildman–Crippen MR) is 107 cm³/mol. The van der Waals surface area contributed by atoms with Gasteiger partial charge in [-0.15, -0.1) is 0 Å². The lowest BCUT2D eigenvalue weighted by atomic mass is 9.53. The lowest BCUT2D eigenvalue weighted by molar-refractivity contribution is -0.160. The molecule has 0 unspecified atom stereocenters. The summed E-state index contributed by atoms with van der Waals surface area (Å²) in [6.07, 6.45) is 11.8. The van der Waals surface area contributed by atoms with E-state index in [9.17, 15) is 19.2 Å². The summed E-state index contributed by atoms with van der Waals surface area (Å²) in [4.78, 5) is 51.4. The van der Waals surface area contributed by atoms with Crippen molar-refractivity contribution in [2.45, 2.75) is 69.9 Å². The maximum Gasteiger partial charge on any atom is 0.329 e. The van der Waals surface area contributed by atoms with Gasteiger partial charge in [0.2, 0.25) is 11.8 Å². The van der Waals surface area contributed by atoms with Gasteiger partial charge in [0.05, 0.1) is 11.8 Å². The number of nitrogens with zero attached hydrogens (tertiary/aromatic N) is 1. The van der Waals surface area contributed by atoms with Crippen LogP contribution in [0.25, 0.3) is 0 Å². The molecule has 0 radical (unpaired) electrons. The molecule has 1 saturated heterocycles. The van der Waals surface area contributed by atoms with Crippen molar-refractivity contribution >= 4 is 23.7 Å². The zero-order chi connectivity index (χ0) is 21.0. The Morgan fingerprint density at radius 3 is 2.03 bits per heavy atom. The highest BCUT2D eigenvalue weighted by molar-refractivity contribution is 6.08. The van der Waals surface area contributed by atoms with Crippen molar-refractivity contribution < 1.29 is 23.9 Å². The second kappa shape index (κ2) is 7.20. The molecular weight excluding hydrogens is 384 g/mol. The molecule has 4 saturated carbocycles. The van der Waals surface area contributed by atoms with Crippen LogP contribution in [0.4, 0.5) is 0 Å². The number of amides is 3. The number of carbonyl (C=O) groups excluding carboxylic acids is 4. The highest BCUT2D eigenvalue weighted by Crippen LogP contribution is 2.55. The smallest absolute Gasteiger partial charge is 0.329 e. The van der Waals surface area contributed by atoms with Gasteiger partial charge in [0.15, 0.2) is 6.61 Å². The van der Waals surface area contributed by atoms with Crippen LogP contribution in [0, 0.1) is 29.6 Å². The summed E-state index contributed by atoms with van der Waals surface area (Å²) >= 11 is 0. The minimum Gasteiger partial charge on any atom is -0.454 e. The molecule has 0 aromatic carbocycles. The molecular formula is C23H30N2O5. The van der Waals surface area contributed by atoms with E-state index >= 15 is 0 Å². The largest absolute Gasteiger partial charge is 0.454 e. The molecule has 6 rings (SSSR count). The van der Waals surface area contributed by atoms with Crippen LogP contribution in [0.5, 0.6) is 0 Å². The van der Waals surface area contributed by atoms with Gasteiger partial charge in [-0.1, -0.05) is 12.2 Å². The average Bonchev–Trinajstić information content (AvgIpc) is 2.95. The minimum absolute atomic E-state index is 0.132. The lowest BCUT2D eigenvalue weighted by Gasteiger charge is -2.56. The number of imide groups is 1. The number of nitrogens with one attached hydrogen (secondary N) is 1. The molecule has 5 aliphatic carbocycles. The van der Waals surface area contributed by atoms with Crippen LogP contribution in [-0.2, 0) is 23.9 Å². The molecule has 162 valence electrons. The molecule has 1 N–H and O–H groups in total. The fraction of sp³-hybridized carbons (Fsp3) is 0.739. The topological polar surface area (TPSA) is 92.8 Å². The number of rotatable bonds is 5. The van der Waals surface area contributed by atoms with Crippen LogP contribution in [0.15, 0.2) is 12.2 Å². The number of hydrogen-bond acceptors (Lipinski definition) is 5. The third-order valence-corrected chi connectivity index (χ3v) is 8.06. The third kappa shape index (κ3) is 3.26. The standard InChI is InChI=1S/C23H30N2O5/c1-13(25-20(27)17-4-2-3-5-18(17)21(25)28)22(29)30-12-19(26)24-23-9-14-6-15(10-23)8-16(7-14)11-23/h2-3,13-18H,4-12H2,1H3,(H,24,26)/t13-,14?,15?,16?,17-,18+,23?/m0/s1. The van der Waals surface area contributed by atoms with Gasteiger partial charge in [0.25, 0.3) is 5.91 Å². The number of carbonyl (C=O) groups is 4. The van der Waals surface area contributed by atoms with E-state index in [4.69, 9.17) is 4.74 Å². The average molecular weight is 415 g/mol. The summed E-state index contributed by atoms with van der Waals surface area (Å²) < 4.78 is 5.23. The predicted octanol–water partition coefficient (Wildman–Crippen LogP) is 1.95. The molecule has 4 bridgehead atoms. The molecule has 1 heterocycles. The van der Waals surface area contributed by atoms with Crippen LogP contribution in [0.1, 0.15) is 58.3 Å². The van der Waals surface area contributed by atoms with E-state index in [0.717, 1.165) is 24.2 Å². The Morgan fingerprint density at radius 2 is 1.53 bits per heavy atom. The number of esters is 1. The first-order chi connectivity index (χ1) is 14.3. The number of likely N-dealkylation sites (tertiary alicyclic amines) is 1. The van der Waals surface area contributed by atoms with Gasteiger partial charge in [-0.3, -0.25) is 19.3 Å². The van der Waals surface area contributed by atoms with Crippen LogP contribution in [0.3, 0.4) is 0 Å². The Balaban J connectivity index is 1.16. The summed E-state index contributed by atoms with van der Waals surface area (Å²) in [6.45, 7) is 1.13. The lowest BCUT2D eigenvalue weighted by Crippen LogP contribution is -2.60. The van der Waals surface area contributed by atoms with Crippen LogP contribution in [0.2, 0.25) is 0 Å². The molecule has 0 aromatic heterocycles. The molecule has 7 heteroatoms. The Bertz CT molecular complexity index is 757. The summed E-state index contributed by atoms with van der Waals surface area (Å²) in [7, 11) is 0. The minimum atomic E-state index is -1.01. The van der Waals surface area contributed by atoms with Gasteiger partial charge in [-0.25, -0.2) is 4.79 Å². The van der Waals surface area contributed by atoms with E-state index in [0.29, 0.717) is 30.6 Å².